The number of benzene rings is 1. The minimum absolute atomic E-state index is 0.229. The summed E-state index contributed by atoms with van der Waals surface area (Å²) in [6.07, 6.45) is 0.311. The second kappa shape index (κ2) is 4.26. The van der Waals surface area contributed by atoms with Crippen LogP contribution in [0.2, 0.25) is 5.02 Å². The summed E-state index contributed by atoms with van der Waals surface area (Å²) in [4.78, 5) is 0. The molecular formula is C10H13ClFNO. The first-order valence-corrected chi connectivity index (χ1v) is 4.73. The van der Waals surface area contributed by atoms with E-state index in [9.17, 15) is 9.50 Å². The summed E-state index contributed by atoms with van der Waals surface area (Å²) in [7, 11) is 0. The lowest BCUT2D eigenvalue weighted by molar-refractivity contribution is 0.0467. The van der Waals surface area contributed by atoms with Crippen molar-refractivity contribution in [2.24, 2.45) is 5.73 Å². The predicted octanol–water partition coefficient (Wildman–Crippen LogP) is 2.04. The van der Waals surface area contributed by atoms with Gasteiger partial charge < -0.3 is 10.8 Å². The maximum absolute atomic E-state index is 13.4. The summed E-state index contributed by atoms with van der Waals surface area (Å²) in [5.74, 6) is -0.504. The Balaban J connectivity index is 3.06. The Bertz CT molecular complexity index is 328. The van der Waals surface area contributed by atoms with Crippen molar-refractivity contribution >= 4 is 11.6 Å². The van der Waals surface area contributed by atoms with Gasteiger partial charge in [0.2, 0.25) is 0 Å². The Morgan fingerprint density at radius 3 is 2.71 bits per heavy atom. The molecule has 1 rings (SSSR count). The van der Waals surface area contributed by atoms with E-state index in [1.165, 1.54) is 19.1 Å². The zero-order valence-corrected chi connectivity index (χ0v) is 8.68. The molecule has 0 bridgehead atoms. The van der Waals surface area contributed by atoms with Gasteiger partial charge in [0, 0.05) is 10.6 Å². The smallest absolute Gasteiger partial charge is 0.130 e. The van der Waals surface area contributed by atoms with Crippen molar-refractivity contribution in [1.82, 2.24) is 0 Å². The molecule has 1 atom stereocenters. The van der Waals surface area contributed by atoms with Gasteiger partial charge in [-0.15, -0.1) is 0 Å². The second-order valence-corrected chi connectivity index (χ2v) is 3.87. The highest BCUT2D eigenvalue weighted by molar-refractivity contribution is 6.30. The normalized spacial score (nSPS) is 15.2. The van der Waals surface area contributed by atoms with Crippen LogP contribution in [0.3, 0.4) is 0 Å². The van der Waals surface area contributed by atoms with Crippen LogP contribution < -0.4 is 5.73 Å². The number of nitrogens with two attached hydrogens (primary N) is 1. The van der Waals surface area contributed by atoms with E-state index in [0.29, 0.717) is 18.0 Å². The molecule has 1 aromatic carbocycles. The van der Waals surface area contributed by atoms with Crippen LogP contribution in [0.25, 0.3) is 0 Å². The van der Waals surface area contributed by atoms with Crippen molar-refractivity contribution in [2.45, 2.75) is 18.9 Å². The Morgan fingerprint density at radius 1 is 1.57 bits per heavy atom. The number of hydrogen-bond donors (Lipinski definition) is 2. The largest absolute Gasteiger partial charge is 0.385 e. The summed E-state index contributed by atoms with van der Waals surface area (Å²) in [5, 5.41) is 10.2. The van der Waals surface area contributed by atoms with Crippen LogP contribution in [0.1, 0.15) is 18.9 Å². The molecule has 0 amide bonds. The van der Waals surface area contributed by atoms with Gasteiger partial charge in [-0.25, -0.2) is 4.39 Å². The molecule has 0 fully saturated rings. The van der Waals surface area contributed by atoms with Crippen LogP contribution in [0.15, 0.2) is 18.2 Å². The van der Waals surface area contributed by atoms with Crippen molar-refractivity contribution in [2.75, 3.05) is 6.54 Å². The molecular weight excluding hydrogens is 205 g/mol. The summed E-state index contributed by atoms with van der Waals surface area (Å²) < 4.78 is 13.4. The van der Waals surface area contributed by atoms with Gasteiger partial charge in [-0.2, -0.15) is 0 Å². The minimum atomic E-state index is -1.23. The fourth-order valence-corrected chi connectivity index (χ4v) is 1.50. The molecule has 3 N–H and O–H groups in total. The molecule has 0 heterocycles. The number of aliphatic hydroxyl groups is 1. The first kappa shape index (κ1) is 11.4. The fourth-order valence-electron chi connectivity index (χ4n) is 1.34. The SMILES string of the molecule is CC(O)(CCN)c1ccc(Cl)cc1F. The third-order valence-corrected chi connectivity index (χ3v) is 2.38. The lowest BCUT2D eigenvalue weighted by Crippen LogP contribution is -2.26. The molecule has 1 aromatic rings. The van der Waals surface area contributed by atoms with E-state index in [-0.39, 0.29) is 5.56 Å². The van der Waals surface area contributed by atoms with Crippen molar-refractivity contribution in [1.29, 1.82) is 0 Å². The van der Waals surface area contributed by atoms with E-state index in [1.54, 1.807) is 6.07 Å². The van der Waals surface area contributed by atoms with E-state index < -0.39 is 11.4 Å². The van der Waals surface area contributed by atoms with Crippen LogP contribution in [0.4, 0.5) is 4.39 Å². The minimum Gasteiger partial charge on any atom is -0.385 e. The Kier molecular flexibility index (Phi) is 3.48. The van der Waals surface area contributed by atoms with E-state index in [1.807, 2.05) is 0 Å². The maximum Gasteiger partial charge on any atom is 0.130 e. The molecule has 14 heavy (non-hydrogen) atoms. The lowest BCUT2D eigenvalue weighted by Gasteiger charge is -2.23. The van der Waals surface area contributed by atoms with E-state index >= 15 is 0 Å². The summed E-state index contributed by atoms with van der Waals surface area (Å²) in [6.45, 7) is 1.83. The second-order valence-electron chi connectivity index (χ2n) is 3.44. The zero-order valence-electron chi connectivity index (χ0n) is 7.93. The quantitative estimate of drug-likeness (QED) is 0.814. The zero-order chi connectivity index (χ0) is 10.8. The molecule has 0 saturated carbocycles. The van der Waals surface area contributed by atoms with Gasteiger partial charge in [0.1, 0.15) is 5.82 Å². The Morgan fingerprint density at radius 2 is 2.21 bits per heavy atom. The van der Waals surface area contributed by atoms with Crippen molar-refractivity contribution < 1.29 is 9.50 Å². The van der Waals surface area contributed by atoms with Gasteiger partial charge in [-0.3, -0.25) is 0 Å². The number of halogens is 2. The van der Waals surface area contributed by atoms with E-state index in [2.05, 4.69) is 0 Å². The van der Waals surface area contributed by atoms with Crippen LogP contribution in [0, 0.1) is 5.82 Å². The van der Waals surface area contributed by atoms with Gasteiger partial charge in [-0.05, 0) is 32.0 Å². The van der Waals surface area contributed by atoms with E-state index in [4.69, 9.17) is 17.3 Å². The molecule has 0 aliphatic heterocycles. The average Bonchev–Trinajstić information content (AvgIpc) is 2.02. The highest BCUT2D eigenvalue weighted by atomic mass is 35.5. The fraction of sp³-hybridized carbons (Fsp3) is 0.400. The van der Waals surface area contributed by atoms with Gasteiger partial charge in [-0.1, -0.05) is 17.7 Å². The molecule has 0 saturated heterocycles. The summed E-state index contributed by atoms with van der Waals surface area (Å²) in [6, 6.07) is 4.21. The highest BCUT2D eigenvalue weighted by Crippen LogP contribution is 2.27. The van der Waals surface area contributed by atoms with Gasteiger partial charge in [0.15, 0.2) is 0 Å². The predicted molar refractivity (Wildman–Crippen MR) is 54.7 cm³/mol. The third-order valence-electron chi connectivity index (χ3n) is 2.14. The first-order valence-electron chi connectivity index (χ1n) is 4.35. The molecule has 4 heteroatoms. The number of hydrogen-bond acceptors (Lipinski definition) is 2. The lowest BCUT2D eigenvalue weighted by atomic mass is 9.92. The van der Waals surface area contributed by atoms with Gasteiger partial charge in [0.05, 0.1) is 5.60 Å². The van der Waals surface area contributed by atoms with E-state index in [0.717, 1.165) is 0 Å². The average molecular weight is 218 g/mol. The van der Waals surface area contributed by atoms with Crippen LogP contribution in [0.5, 0.6) is 0 Å². The Hall–Kier alpha value is -0.640. The summed E-state index contributed by atoms with van der Waals surface area (Å²) in [5.41, 5.74) is 4.32. The van der Waals surface area contributed by atoms with Crippen molar-refractivity contribution in [3.05, 3.63) is 34.6 Å². The molecule has 1 unspecified atom stereocenters. The van der Waals surface area contributed by atoms with Crippen molar-refractivity contribution in [3.63, 3.8) is 0 Å². The van der Waals surface area contributed by atoms with Crippen LogP contribution in [-0.2, 0) is 5.60 Å². The molecule has 0 spiro atoms. The monoisotopic (exact) mass is 217 g/mol. The number of rotatable bonds is 3. The molecule has 2 nitrogen and oxygen atoms in total. The van der Waals surface area contributed by atoms with Gasteiger partial charge in [0.25, 0.3) is 0 Å². The van der Waals surface area contributed by atoms with Crippen LogP contribution >= 0.6 is 11.6 Å². The summed E-state index contributed by atoms with van der Waals surface area (Å²) >= 11 is 5.60. The molecule has 0 aromatic heterocycles. The first-order chi connectivity index (χ1) is 6.47. The standard InChI is InChI=1S/C10H13ClFNO/c1-10(14,4-5-13)8-3-2-7(11)6-9(8)12/h2-3,6,14H,4-5,13H2,1H3. The highest BCUT2D eigenvalue weighted by Gasteiger charge is 2.25. The maximum atomic E-state index is 13.4. The molecule has 0 radical (unpaired) electrons. The molecule has 0 aliphatic rings. The molecule has 78 valence electrons. The molecule has 0 aliphatic carbocycles. The Labute approximate surface area is 87.5 Å². The van der Waals surface area contributed by atoms with Gasteiger partial charge >= 0.3 is 0 Å². The van der Waals surface area contributed by atoms with Crippen molar-refractivity contribution in [3.8, 4) is 0 Å². The van der Waals surface area contributed by atoms with Crippen LogP contribution in [-0.4, -0.2) is 11.7 Å². The topological polar surface area (TPSA) is 46.2 Å². The third kappa shape index (κ3) is 2.44.